The Hall–Kier alpha value is -2.88. The van der Waals surface area contributed by atoms with Gasteiger partial charge in [0.25, 0.3) is 5.91 Å². The first-order valence-corrected chi connectivity index (χ1v) is 14.6. The van der Waals surface area contributed by atoms with Crippen molar-refractivity contribution in [1.29, 1.82) is 0 Å². The highest BCUT2D eigenvalue weighted by Crippen LogP contribution is 2.20. The van der Waals surface area contributed by atoms with Crippen LogP contribution in [-0.2, 0) is 16.1 Å². The van der Waals surface area contributed by atoms with Crippen molar-refractivity contribution in [3.63, 3.8) is 0 Å². The van der Waals surface area contributed by atoms with Gasteiger partial charge in [-0.1, -0.05) is 37.1 Å². The molecule has 40 heavy (non-hydrogen) atoms. The Labute approximate surface area is 241 Å². The fourth-order valence-corrected chi connectivity index (χ4v) is 5.20. The van der Waals surface area contributed by atoms with E-state index in [4.69, 9.17) is 21.1 Å². The van der Waals surface area contributed by atoms with E-state index in [2.05, 4.69) is 16.7 Å². The third-order valence-electron chi connectivity index (χ3n) is 7.56. The molecule has 1 unspecified atom stereocenters. The van der Waals surface area contributed by atoms with Crippen LogP contribution in [0.1, 0.15) is 31.7 Å². The lowest BCUT2D eigenvalue weighted by molar-refractivity contribution is -0.136. The number of hydrogen-bond acceptors (Lipinski definition) is 6. The molecule has 2 aliphatic rings. The van der Waals surface area contributed by atoms with Crippen LogP contribution < -0.4 is 4.74 Å². The number of benzene rings is 2. The number of hydrogen-bond donors (Lipinski definition) is 0. The molecule has 2 aromatic rings. The maximum Gasteiger partial charge on any atom is 0.409 e. The lowest BCUT2D eigenvalue weighted by atomic mass is 10.1. The zero-order valence-electron chi connectivity index (χ0n) is 23.3. The number of rotatable bonds is 11. The minimum absolute atomic E-state index is 0.0252. The Morgan fingerprint density at radius 2 is 1.65 bits per heavy atom. The van der Waals surface area contributed by atoms with Crippen molar-refractivity contribution in [2.75, 3.05) is 65.6 Å². The van der Waals surface area contributed by atoms with Gasteiger partial charge in [0.15, 0.2) is 6.61 Å². The van der Waals surface area contributed by atoms with Gasteiger partial charge in [-0.25, -0.2) is 9.18 Å². The van der Waals surface area contributed by atoms with Crippen molar-refractivity contribution < 1.29 is 23.5 Å². The molecule has 2 aromatic carbocycles. The van der Waals surface area contributed by atoms with Crippen LogP contribution in [0.5, 0.6) is 5.75 Å². The van der Waals surface area contributed by atoms with Crippen LogP contribution >= 0.6 is 11.6 Å². The number of ether oxygens (including phenoxy) is 2. The Morgan fingerprint density at radius 1 is 0.950 bits per heavy atom. The SMILES string of the molecule is CCCCOC(=O)N1CCN(CCC2CN(C(=O)COc3ccc(Cl)cc3)CCN2Cc2ccc(F)cc2)CC1. The lowest BCUT2D eigenvalue weighted by Crippen LogP contribution is -2.56. The summed E-state index contributed by atoms with van der Waals surface area (Å²) >= 11 is 5.94. The molecule has 0 aliphatic carbocycles. The van der Waals surface area contributed by atoms with Crippen molar-refractivity contribution in [3.05, 3.63) is 64.9 Å². The summed E-state index contributed by atoms with van der Waals surface area (Å²) in [6, 6.07) is 13.8. The van der Waals surface area contributed by atoms with Crippen LogP contribution in [0, 0.1) is 5.82 Å². The van der Waals surface area contributed by atoms with E-state index in [0.717, 1.165) is 51.0 Å². The van der Waals surface area contributed by atoms with Gasteiger partial charge in [0.2, 0.25) is 0 Å². The standard InChI is InChI=1S/C30H40ClFN4O4/c1-2-3-20-39-30(38)34-16-14-33(15-17-34)13-12-27-22-36(29(37)23-40-28-10-6-25(31)7-11-28)19-18-35(27)21-24-4-8-26(32)9-5-24/h4-11,27H,2-3,12-23H2,1H3. The van der Waals surface area contributed by atoms with Crippen molar-refractivity contribution in [3.8, 4) is 5.75 Å². The normalized spacial score (nSPS) is 18.5. The highest BCUT2D eigenvalue weighted by atomic mass is 35.5. The minimum Gasteiger partial charge on any atom is -0.484 e. The first-order chi connectivity index (χ1) is 19.4. The second-order valence-electron chi connectivity index (χ2n) is 10.4. The van der Waals surface area contributed by atoms with Crippen molar-refractivity contribution in [1.82, 2.24) is 19.6 Å². The third kappa shape index (κ3) is 9.08. The molecule has 8 nitrogen and oxygen atoms in total. The van der Waals surface area contributed by atoms with Crippen LogP contribution in [0.15, 0.2) is 48.5 Å². The number of halogens is 2. The van der Waals surface area contributed by atoms with Gasteiger partial charge in [-0.3, -0.25) is 14.6 Å². The molecule has 2 aliphatic heterocycles. The first kappa shape index (κ1) is 30.1. The molecule has 10 heteroatoms. The summed E-state index contributed by atoms with van der Waals surface area (Å²) in [6.45, 7) is 8.94. The number of nitrogens with zero attached hydrogens (tertiary/aromatic N) is 4. The number of unbranched alkanes of at least 4 members (excludes halogenated alkanes) is 1. The summed E-state index contributed by atoms with van der Waals surface area (Å²) in [7, 11) is 0. The van der Waals surface area contributed by atoms with Crippen molar-refractivity contribution in [2.24, 2.45) is 0 Å². The summed E-state index contributed by atoms with van der Waals surface area (Å²) in [5, 5.41) is 0.618. The topological polar surface area (TPSA) is 65.6 Å². The van der Waals surface area contributed by atoms with Crippen LogP contribution in [0.2, 0.25) is 5.02 Å². The molecule has 2 fully saturated rings. The number of carbonyl (C=O) groups excluding carboxylic acids is 2. The Morgan fingerprint density at radius 3 is 2.35 bits per heavy atom. The minimum atomic E-state index is -0.246. The lowest BCUT2D eigenvalue weighted by Gasteiger charge is -2.43. The molecule has 218 valence electrons. The van der Waals surface area contributed by atoms with Crippen LogP contribution in [0.4, 0.5) is 9.18 Å². The monoisotopic (exact) mass is 574 g/mol. The molecular formula is C30H40ClFN4O4. The molecule has 1 atom stereocenters. The number of amides is 2. The molecule has 2 heterocycles. The zero-order chi connectivity index (χ0) is 28.3. The summed E-state index contributed by atoms with van der Waals surface area (Å²) in [6.07, 6.45) is 2.54. The van der Waals surface area contributed by atoms with Gasteiger partial charge in [0.1, 0.15) is 11.6 Å². The van der Waals surface area contributed by atoms with Gasteiger partial charge in [0.05, 0.1) is 6.61 Å². The highest BCUT2D eigenvalue weighted by molar-refractivity contribution is 6.30. The van der Waals surface area contributed by atoms with Gasteiger partial charge < -0.3 is 19.3 Å². The average molecular weight is 575 g/mol. The van der Waals surface area contributed by atoms with Crippen LogP contribution in [0.25, 0.3) is 0 Å². The largest absolute Gasteiger partial charge is 0.484 e. The Bertz CT molecular complexity index is 1080. The maximum absolute atomic E-state index is 13.5. The number of carbonyl (C=O) groups is 2. The van der Waals surface area contributed by atoms with E-state index in [0.29, 0.717) is 50.1 Å². The first-order valence-electron chi connectivity index (χ1n) is 14.2. The zero-order valence-corrected chi connectivity index (χ0v) is 24.0. The Kier molecular flexibility index (Phi) is 11.4. The Balaban J connectivity index is 1.31. The smallest absolute Gasteiger partial charge is 0.409 e. The highest BCUT2D eigenvalue weighted by Gasteiger charge is 2.31. The van der Waals surface area contributed by atoms with Gasteiger partial charge in [-0.15, -0.1) is 0 Å². The summed E-state index contributed by atoms with van der Waals surface area (Å²) in [4.78, 5) is 33.8. The quantitative estimate of drug-likeness (QED) is 0.368. The van der Waals surface area contributed by atoms with Crippen molar-refractivity contribution >= 4 is 23.6 Å². The summed E-state index contributed by atoms with van der Waals surface area (Å²) in [5.74, 6) is 0.319. The van der Waals surface area contributed by atoms with Gasteiger partial charge in [0, 0.05) is 63.4 Å². The van der Waals surface area contributed by atoms with E-state index in [1.807, 2.05) is 17.0 Å². The molecule has 0 aromatic heterocycles. The predicted molar refractivity (Wildman–Crippen MR) is 153 cm³/mol. The molecule has 0 radical (unpaired) electrons. The molecule has 0 N–H and O–H groups in total. The molecule has 0 spiro atoms. The second-order valence-corrected chi connectivity index (χ2v) is 10.9. The van der Waals surface area contributed by atoms with E-state index in [1.165, 1.54) is 12.1 Å². The second kappa shape index (κ2) is 15.2. The molecular weight excluding hydrogens is 535 g/mol. The van der Waals surface area contributed by atoms with Crippen molar-refractivity contribution in [2.45, 2.75) is 38.8 Å². The molecule has 2 saturated heterocycles. The molecule has 0 saturated carbocycles. The van der Waals surface area contributed by atoms with E-state index in [1.54, 1.807) is 29.2 Å². The molecule has 0 bridgehead atoms. The van der Waals surface area contributed by atoms with Gasteiger partial charge in [-0.2, -0.15) is 0 Å². The molecule has 4 rings (SSSR count). The maximum atomic E-state index is 13.5. The van der Waals surface area contributed by atoms with Crippen LogP contribution in [0.3, 0.4) is 0 Å². The number of piperazine rings is 2. The average Bonchev–Trinajstić information content (AvgIpc) is 2.97. The van der Waals surface area contributed by atoms with Gasteiger partial charge in [-0.05, 0) is 61.3 Å². The summed E-state index contributed by atoms with van der Waals surface area (Å²) < 4.78 is 24.5. The third-order valence-corrected chi connectivity index (χ3v) is 7.82. The van der Waals surface area contributed by atoms with E-state index < -0.39 is 0 Å². The van der Waals surface area contributed by atoms with E-state index in [-0.39, 0.29) is 30.5 Å². The van der Waals surface area contributed by atoms with Crippen LogP contribution in [-0.4, -0.2) is 103 Å². The van der Waals surface area contributed by atoms with Gasteiger partial charge >= 0.3 is 6.09 Å². The van der Waals surface area contributed by atoms with E-state index >= 15 is 0 Å². The van der Waals surface area contributed by atoms with E-state index in [9.17, 15) is 14.0 Å². The summed E-state index contributed by atoms with van der Waals surface area (Å²) in [5.41, 5.74) is 1.05. The fourth-order valence-electron chi connectivity index (χ4n) is 5.07. The molecule has 2 amide bonds. The fraction of sp³-hybridized carbons (Fsp3) is 0.533. The predicted octanol–water partition coefficient (Wildman–Crippen LogP) is 4.52.